The molecule has 0 aliphatic heterocycles. The Morgan fingerprint density at radius 3 is 1.92 bits per heavy atom. The lowest BCUT2D eigenvalue weighted by Crippen LogP contribution is -2.33. The Hall–Kier alpha value is -1.26. The van der Waals surface area contributed by atoms with Gasteiger partial charge in [-0.15, -0.1) is 5.46 Å². The van der Waals surface area contributed by atoms with Gasteiger partial charge in [-0.05, 0) is 6.92 Å². The minimum Gasteiger partial charge on any atom is -0.445 e. The maximum atomic E-state index is 12.1. The van der Waals surface area contributed by atoms with Crippen molar-refractivity contribution in [3.63, 3.8) is 0 Å². The summed E-state index contributed by atoms with van der Waals surface area (Å²) in [5.74, 6) is -0.235. The second-order valence-corrected chi connectivity index (χ2v) is 2.75. The molecule has 0 saturated heterocycles. The molecule has 0 amide bonds. The van der Waals surface area contributed by atoms with Gasteiger partial charge in [-0.3, -0.25) is 4.79 Å². The number of rotatable bonds is 2. The van der Waals surface area contributed by atoms with E-state index in [1.165, 1.54) is 19.1 Å². The lowest BCUT2D eigenvalue weighted by Gasteiger charge is -2.14. The van der Waals surface area contributed by atoms with Gasteiger partial charge in [-0.2, -0.15) is 0 Å². The number of benzene rings is 1. The van der Waals surface area contributed by atoms with Crippen LogP contribution in [0.4, 0.5) is 12.9 Å². The van der Waals surface area contributed by atoms with E-state index >= 15 is 0 Å². The lowest BCUT2D eigenvalue weighted by atomic mass is 9.80. The maximum absolute atomic E-state index is 12.1. The molecule has 0 heterocycles. The Bertz CT molecular complexity index is 315. The van der Waals surface area contributed by atoms with Crippen molar-refractivity contribution in [1.29, 1.82) is 0 Å². The molecule has 0 N–H and O–H groups in total. The van der Waals surface area contributed by atoms with Crippen LogP contribution in [0.3, 0.4) is 0 Å². The second kappa shape index (κ2) is 3.24. The minimum absolute atomic E-state index is 0.235. The van der Waals surface area contributed by atoms with Crippen LogP contribution in [-0.2, 0) is 0 Å². The van der Waals surface area contributed by atoms with Gasteiger partial charge in [0.15, 0.2) is 5.78 Å². The van der Waals surface area contributed by atoms with E-state index in [-0.39, 0.29) is 5.78 Å². The number of carbonyl (C=O) groups is 1. The summed E-state index contributed by atoms with van der Waals surface area (Å²) in [6.07, 6.45) is 0. The second-order valence-electron chi connectivity index (χ2n) is 2.75. The predicted molar refractivity (Wildman–Crippen MR) is 45.2 cm³/mol. The Morgan fingerprint density at radius 2 is 1.62 bits per heavy atom. The van der Waals surface area contributed by atoms with Crippen molar-refractivity contribution in [3.8, 4) is 0 Å². The number of hydrogen-bond acceptors (Lipinski definition) is 1. The van der Waals surface area contributed by atoms with Gasteiger partial charge in [0.05, 0.1) is 0 Å². The van der Waals surface area contributed by atoms with Gasteiger partial charge in [0, 0.05) is 5.56 Å². The summed E-state index contributed by atoms with van der Waals surface area (Å²) in [4.78, 5) is 10.7. The minimum atomic E-state index is -4.95. The molecule has 0 aromatic heterocycles. The first kappa shape index (κ1) is 9.83. The average molecular weight is 187 g/mol. The summed E-state index contributed by atoms with van der Waals surface area (Å²) >= 11 is 0. The van der Waals surface area contributed by atoms with Crippen molar-refractivity contribution in [1.82, 2.24) is 0 Å². The van der Waals surface area contributed by atoms with Crippen LogP contribution in [0.1, 0.15) is 17.3 Å². The zero-order valence-corrected chi connectivity index (χ0v) is 6.93. The third kappa shape index (κ3) is 2.34. The first-order valence-electron chi connectivity index (χ1n) is 3.72. The highest BCUT2D eigenvalue weighted by Gasteiger charge is 2.24. The molecular formula is C8H7BF3O-. The molecule has 0 aliphatic carbocycles. The first-order chi connectivity index (χ1) is 5.91. The van der Waals surface area contributed by atoms with Crippen LogP contribution in [0.15, 0.2) is 24.3 Å². The van der Waals surface area contributed by atoms with Gasteiger partial charge in [-0.25, -0.2) is 0 Å². The van der Waals surface area contributed by atoms with Crippen LogP contribution in [0.25, 0.3) is 0 Å². The third-order valence-electron chi connectivity index (χ3n) is 1.70. The summed E-state index contributed by atoms with van der Waals surface area (Å²) in [7, 11) is 0. The van der Waals surface area contributed by atoms with Crippen LogP contribution in [0.5, 0.6) is 0 Å². The summed E-state index contributed by atoms with van der Waals surface area (Å²) in [6.45, 7) is -3.64. The molecule has 70 valence electrons. The van der Waals surface area contributed by atoms with E-state index in [9.17, 15) is 17.7 Å². The van der Waals surface area contributed by atoms with Gasteiger partial charge < -0.3 is 12.9 Å². The normalized spacial score (nSPS) is 11.4. The SMILES string of the molecule is CC(=O)c1ccc([B-](F)(F)F)cc1. The van der Waals surface area contributed by atoms with Gasteiger partial charge in [0.25, 0.3) is 0 Å². The van der Waals surface area contributed by atoms with E-state index in [0.717, 1.165) is 12.1 Å². The molecule has 1 aromatic carbocycles. The Balaban J connectivity index is 3.01. The molecule has 0 atom stereocenters. The van der Waals surface area contributed by atoms with Crippen molar-refractivity contribution < 1.29 is 17.7 Å². The zero-order valence-electron chi connectivity index (χ0n) is 6.93. The highest BCUT2D eigenvalue weighted by Crippen LogP contribution is 2.09. The summed E-state index contributed by atoms with van der Waals surface area (Å²) in [6, 6.07) is 4.23. The fraction of sp³-hybridized carbons (Fsp3) is 0.125. The van der Waals surface area contributed by atoms with Gasteiger partial charge in [-0.1, -0.05) is 24.3 Å². The molecule has 5 heteroatoms. The molecular weight excluding hydrogens is 180 g/mol. The van der Waals surface area contributed by atoms with Crippen molar-refractivity contribution in [2.75, 3.05) is 0 Å². The number of Topliss-reactive ketones (excluding diaryl/α,β-unsaturated/α-hetero) is 1. The molecule has 0 unspecified atom stereocenters. The molecule has 0 aliphatic rings. The average Bonchev–Trinajstić information content (AvgIpc) is 2.03. The number of hydrogen-bond donors (Lipinski definition) is 0. The fourth-order valence-electron chi connectivity index (χ4n) is 0.936. The van der Waals surface area contributed by atoms with E-state index < -0.39 is 12.4 Å². The fourth-order valence-corrected chi connectivity index (χ4v) is 0.936. The summed E-state index contributed by atoms with van der Waals surface area (Å²) < 4.78 is 36.3. The Morgan fingerprint density at radius 1 is 1.15 bits per heavy atom. The van der Waals surface area contributed by atoms with E-state index in [0.29, 0.717) is 5.56 Å². The van der Waals surface area contributed by atoms with Crippen LogP contribution in [-0.4, -0.2) is 12.8 Å². The van der Waals surface area contributed by atoms with Crippen LogP contribution >= 0.6 is 0 Å². The van der Waals surface area contributed by atoms with Crippen molar-refractivity contribution in [2.45, 2.75) is 6.92 Å². The number of carbonyl (C=O) groups excluding carboxylic acids is 1. The molecule has 1 rings (SSSR count). The molecule has 1 aromatic rings. The van der Waals surface area contributed by atoms with Gasteiger partial charge >= 0.3 is 6.98 Å². The van der Waals surface area contributed by atoms with E-state index in [1.807, 2.05) is 0 Å². The van der Waals surface area contributed by atoms with Gasteiger partial charge in [0.1, 0.15) is 0 Å². The summed E-state index contributed by atoms with van der Waals surface area (Å²) in [5, 5.41) is 0. The standard InChI is InChI=1S/C8H7BF3O/c1-6(13)7-2-4-8(5-3-7)9(10,11)12/h2-5H,1H3/q-1. The van der Waals surface area contributed by atoms with E-state index in [2.05, 4.69) is 0 Å². The monoisotopic (exact) mass is 187 g/mol. The van der Waals surface area contributed by atoms with Crippen molar-refractivity contribution in [2.24, 2.45) is 0 Å². The van der Waals surface area contributed by atoms with Crippen LogP contribution in [0, 0.1) is 0 Å². The smallest absolute Gasteiger partial charge is 0.445 e. The molecule has 0 spiro atoms. The highest BCUT2D eigenvalue weighted by molar-refractivity contribution is 6.73. The Labute approximate surface area is 73.6 Å². The molecule has 0 radical (unpaired) electrons. The van der Waals surface area contributed by atoms with Crippen LogP contribution in [0.2, 0.25) is 0 Å². The largest absolute Gasteiger partial charge is 0.509 e. The van der Waals surface area contributed by atoms with Crippen LogP contribution < -0.4 is 5.46 Å². The summed E-state index contributed by atoms with van der Waals surface area (Å²) in [5.41, 5.74) is -0.381. The quantitative estimate of drug-likeness (QED) is 0.510. The van der Waals surface area contributed by atoms with Crippen molar-refractivity contribution >= 4 is 18.2 Å². The predicted octanol–water partition coefficient (Wildman–Crippen LogP) is 1.94. The molecule has 13 heavy (non-hydrogen) atoms. The Kier molecular flexibility index (Phi) is 2.45. The third-order valence-corrected chi connectivity index (χ3v) is 1.70. The lowest BCUT2D eigenvalue weighted by molar-refractivity contribution is 0.101. The highest BCUT2D eigenvalue weighted by atomic mass is 19.4. The molecule has 0 bridgehead atoms. The first-order valence-corrected chi connectivity index (χ1v) is 3.72. The van der Waals surface area contributed by atoms with E-state index in [1.54, 1.807) is 0 Å². The molecule has 0 fully saturated rings. The number of ketones is 1. The van der Waals surface area contributed by atoms with Crippen molar-refractivity contribution in [3.05, 3.63) is 29.8 Å². The number of halogens is 3. The topological polar surface area (TPSA) is 17.1 Å². The molecule has 1 nitrogen and oxygen atoms in total. The molecule has 0 saturated carbocycles. The van der Waals surface area contributed by atoms with Gasteiger partial charge in [0.2, 0.25) is 0 Å². The zero-order chi connectivity index (χ0) is 10.1. The van der Waals surface area contributed by atoms with E-state index in [4.69, 9.17) is 0 Å². The maximum Gasteiger partial charge on any atom is 0.509 e.